The van der Waals surface area contributed by atoms with Crippen LogP contribution in [0.5, 0.6) is 0 Å². The number of hydrogen-bond donors (Lipinski definition) is 2. The fourth-order valence-corrected chi connectivity index (χ4v) is 5.80. The van der Waals surface area contributed by atoms with Gasteiger partial charge in [-0.05, 0) is 48.6 Å². The molecule has 8 nitrogen and oxygen atoms in total. The molecule has 1 aliphatic heterocycles. The highest BCUT2D eigenvalue weighted by Gasteiger charge is 2.46. The van der Waals surface area contributed by atoms with Crippen LogP contribution in [0.25, 0.3) is 27.5 Å². The van der Waals surface area contributed by atoms with Gasteiger partial charge in [0, 0.05) is 41.5 Å². The molecule has 5 rings (SSSR count). The third-order valence-electron chi connectivity index (χ3n) is 6.43. The van der Waals surface area contributed by atoms with Crippen LogP contribution in [0.1, 0.15) is 38.7 Å². The number of aromatic nitrogens is 2. The lowest BCUT2D eigenvalue weighted by molar-refractivity contribution is -0.134. The second kappa shape index (κ2) is 7.68. The molecule has 3 heterocycles. The van der Waals surface area contributed by atoms with Crippen molar-refractivity contribution < 1.29 is 13.2 Å². The number of carbonyl (C=O) groups is 1. The topological polar surface area (TPSA) is 119 Å². The first-order valence-electron chi connectivity index (χ1n) is 11.1. The van der Waals surface area contributed by atoms with E-state index in [4.69, 9.17) is 0 Å². The van der Waals surface area contributed by atoms with Gasteiger partial charge >= 0.3 is 0 Å². The number of nitriles is 1. The van der Waals surface area contributed by atoms with Crippen LogP contribution >= 0.6 is 0 Å². The van der Waals surface area contributed by atoms with E-state index < -0.39 is 15.6 Å². The summed E-state index contributed by atoms with van der Waals surface area (Å²) in [6.07, 6.45) is 5.64. The summed E-state index contributed by atoms with van der Waals surface area (Å²) >= 11 is 0. The number of nitrogens with zero attached hydrogens (tertiary/aromatic N) is 3. The maximum atomic E-state index is 12.8. The quantitative estimate of drug-likeness (QED) is 0.602. The summed E-state index contributed by atoms with van der Waals surface area (Å²) in [5.74, 6) is 0.133. The van der Waals surface area contributed by atoms with E-state index in [9.17, 15) is 18.5 Å². The standard InChI is InChI=1S/C24H25N5O3S/c1-15(2)23(30)29-11-6-16(7-12-29)18-5-10-26-22-21(18)19-4-3-17(13-20(19)27-22)33(31,32)28-24(14-25)8-9-24/h3-6,10,13,15,28H,7-9,11-12H2,1-2H3,(H,26,27). The van der Waals surface area contributed by atoms with Gasteiger partial charge in [-0.3, -0.25) is 4.79 Å². The summed E-state index contributed by atoms with van der Waals surface area (Å²) in [5.41, 5.74) is 2.57. The molecule has 1 fully saturated rings. The summed E-state index contributed by atoms with van der Waals surface area (Å²) in [5, 5.41) is 11.1. The molecule has 2 aliphatic rings. The van der Waals surface area contributed by atoms with Gasteiger partial charge in [-0.25, -0.2) is 13.4 Å². The number of carbonyl (C=O) groups excluding carboxylic acids is 1. The maximum Gasteiger partial charge on any atom is 0.242 e. The Kier molecular flexibility index (Phi) is 5.03. The average molecular weight is 464 g/mol. The zero-order chi connectivity index (χ0) is 23.4. The van der Waals surface area contributed by atoms with Crippen molar-refractivity contribution in [2.45, 2.75) is 43.5 Å². The predicted octanol–water partition coefficient (Wildman–Crippen LogP) is 3.32. The molecule has 0 radical (unpaired) electrons. The Morgan fingerprint density at radius 2 is 2.09 bits per heavy atom. The predicted molar refractivity (Wildman–Crippen MR) is 126 cm³/mol. The third kappa shape index (κ3) is 3.79. The molecular formula is C24H25N5O3S. The Morgan fingerprint density at radius 3 is 2.73 bits per heavy atom. The van der Waals surface area contributed by atoms with Crippen molar-refractivity contribution in [2.75, 3.05) is 13.1 Å². The Balaban J connectivity index is 1.52. The lowest BCUT2D eigenvalue weighted by Crippen LogP contribution is -2.37. The smallest absolute Gasteiger partial charge is 0.242 e. The van der Waals surface area contributed by atoms with Crippen molar-refractivity contribution in [3.63, 3.8) is 0 Å². The molecule has 0 spiro atoms. The molecule has 170 valence electrons. The first-order valence-corrected chi connectivity index (χ1v) is 12.6. The molecule has 1 aliphatic carbocycles. The van der Waals surface area contributed by atoms with Crippen LogP contribution in [-0.2, 0) is 14.8 Å². The van der Waals surface area contributed by atoms with Crippen LogP contribution in [0.2, 0.25) is 0 Å². The number of rotatable bonds is 5. The summed E-state index contributed by atoms with van der Waals surface area (Å²) in [7, 11) is -3.81. The van der Waals surface area contributed by atoms with Crippen molar-refractivity contribution in [1.29, 1.82) is 5.26 Å². The number of pyridine rings is 1. The minimum atomic E-state index is -3.81. The van der Waals surface area contributed by atoms with Gasteiger partial charge in [-0.2, -0.15) is 9.98 Å². The van der Waals surface area contributed by atoms with Crippen molar-refractivity contribution >= 4 is 43.4 Å². The van der Waals surface area contributed by atoms with Gasteiger partial charge in [-0.15, -0.1) is 0 Å². The molecule has 1 amide bonds. The Hall–Kier alpha value is -3.22. The van der Waals surface area contributed by atoms with E-state index in [1.54, 1.807) is 24.4 Å². The first-order chi connectivity index (χ1) is 15.7. The molecule has 1 saturated carbocycles. The highest BCUT2D eigenvalue weighted by atomic mass is 32.2. The van der Waals surface area contributed by atoms with E-state index in [1.807, 2.05) is 24.8 Å². The number of sulfonamides is 1. The van der Waals surface area contributed by atoms with E-state index in [0.717, 1.165) is 28.3 Å². The lowest BCUT2D eigenvalue weighted by atomic mass is 9.96. The zero-order valence-electron chi connectivity index (χ0n) is 18.6. The second-order valence-electron chi connectivity index (χ2n) is 9.13. The highest BCUT2D eigenvalue weighted by molar-refractivity contribution is 7.89. The van der Waals surface area contributed by atoms with Gasteiger partial charge in [0.1, 0.15) is 11.2 Å². The van der Waals surface area contributed by atoms with Crippen LogP contribution in [0.15, 0.2) is 41.4 Å². The molecule has 9 heteroatoms. The van der Waals surface area contributed by atoms with Gasteiger partial charge < -0.3 is 9.88 Å². The van der Waals surface area contributed by atoms with E-state index >= 15 is 0 Å². The van der Waals surface area contributed by atoms with Crippen LogP contribution in [0, 0.1) is 17.2 Å². The normalized spacial score (nSPS) is 17.9. The second-order valence-corrected chi connectivity index (χ2v) is 10.8. The fraction of sp³-hybridized carbons (Fsp3) is 0.375. The van der Waals surface area contributed by atoms with Crippen molar-refractivity contribution in [3.8, 4) is 6.07 Å². The summed E-state index contributed by atoms with van der Waals surface area (Å²) in [4.78, 5) is 22.0. The number of nitrogens with one attached hydrogen (secondary N) is 2. The van der Waals surface area contributed by atoms with Gasteiger partial charge in [0.05, 0.1) is 11.0 Å². The number of benzene rings is 1. The maximum absolute atomic E-state index is 12.8. The molecule has 0 saturated heterocycles. The molecule has 0 atom stereocenters. The van der Waals surface area contributed by atoms with E-state index in [0.29, 0.717) is 37.1 Å². The average Bonchev–Trinajstić information content (AvgIpc) is 3.47. The van der Waals surface area contributed by atoms with Gasteiger partial charge in [0.15, 0.2) is 0 Å². The highest BCUT2D eigenvalue weighted by Crippen LogP contribution is 2.37. The van der Waals surface area contributed by atoms with Crippen molar-refractivity contribution in [1.82, 2.24) is 19.6 Å². The molecule has 0 bridgehead atoms. The Bertz CT molecular complexity index is 1460. The lowest BCUT2D eigenvalue weighted by Gasteiger charge is -2.28. The zero-order valence-corrected chi connectivity index (χ0v) is 19.4. The van der Waals surface area contributed by atoms with Crippen LogP contribution in [0.3, 0.4) is 0 Å². The number of H-pyrrole nitrogens is 1. The summed E-state index contributed by atoms with van der Waals surface area (Å²) in [6.45, 7) is 5.07. The molecule has 0 unspecified atom stereocenters. The molecule has 2 aromatic heterocycles. The molecule has 1 aromatic carbocycles. The van der Waals surface area contributed by atoms with Gasteiger partial charge in [0.25, 0.3) is 0 Å². The summed E-state index contributed by atoms with van der Waals surface area (Å²) in [6, 6.07) is 8.98. The Morgan fingerprint density at radius 1 is 1.30 bits per heavy atom. The van der Waals surface area contributed by atoms with Crippen molar-refractivity contribution in [3.05, 3.63) is 42.1 Å². The van der Waals surface area contributed by atoms with Crippen LogP contribution < -0.4 is 4.72 Å². The van der Waals surface area contributed by atoms with Crippen LogP contribution in [-0.4, -0.2) is 47.8 Å². The van der Waals surface area contributed by atoms with Crippen LogP contribution in [0.4, 0.5) is 0 Å². The van der Waals surface area contributed by atoms with Gasteiger partial charge in [-0.1, -0.05) is 26.0 Å². The monoisotopic (exact) mass is 463 g/mol. The first kappa shape index (κ1) is 21.6. The molecular weight excluding hydrogens is 438 g/mol. The molecule has 3 aromatic rings. The number of fused-ring (bicyclic) bond motifs is 3. The molecule has 2 N–H and O–H groups in total. The SMILES string of the molecule is CC(C)C(=O)N1CC=C(c2ccnc3[nH]c4cc(S(=O)(=O)NC5(C#N)CC5)ccc4c23)CC1. The van der Waals surface area contributed by atoms with Gasteiger partial charge in [0.2, 0.25) is 15.9 Å². The largest absolute Gasteiger partial charge is 0.339 e. The minimum absolute atomic E-state index is 0.0240. The van der Waals surface area contributed by atoms with E-state index in [1.165, 1.54) is 0 Å². The summed E-state index contributed by atoms with van der Waals surface area (Å²) < 4.78 is 28.2. The molecule has 33 heavy (non-hydrogen) atoms. The number of amides is 1. The van der Waals surface area contributed by atoms with E-state index in [-0.39, 0.29) is 16.7 Å². The third-order valence-corrected chi connectivity index (χ3v) is 7.96. The number of aromatic amines is 1. The van der Waals surface area contributed by atoms with Crippen molar-refractivity contribution in [2.24, 2.45) is 5.92 Å². The number of hydrogen-bond acceptors (Lipinski definition) is 5. The fourth-order valence-electron chi connectivity index (χ4n) is 4.39. The Labute approximate surface area is 192 Å². The minimum Gasteiger partial charge on any atom is -0.339 e. The van der Waals surface area contributed by atoms with E-state index in [2.05, 4.69) is 26.8 Å².